The molecule has 1 aromatic rings. The number of hydrogen-bond acceptors (Lipinski definition) is 3. The minimum atomic E-state index is -4.35. The lowest BCUT2D eigenvalue weighted by atomic mass is 10.1. The minimum absolute atomic E-state index is 0.425. The molecule has 0 N–H and O–H groups in total. The molecule has 0 saturated carbocycles. The molecule has 0 radical (unpaired) electrons. The number of hydrogen-bond donors (Lipinski definition) is 0. The van der Waals surface area contributed by atoms with Gasteiger partial charge in [0.15, 0.2) is 11.6 Å². The Morgan fingerprint density at radius 2 is 1.57 bits per heavy atom. The van der Waals surface area contributed by atoms with Crippen LogP contribution in [0.3, 0.4) is 0 Å². The van der Waals surface area contributed by atoms with E-state index in [0.29, 0.717) is 25.2 Å². The summed E-state index contributed by atoms with van der Waals surface area (Å²) in [6.45, 7) is 0.916. The molecule has 1 fully saturated rings. The molecule has 0 aliphatic carbocycles. The minimum Gasteiger partial charge on any atom is -0.339 e. The zero-order valence-electron chi connectivity index (χ0n) is 11.1. The molecule has 8 heteroatoms. The van der Waals surface area contributed by atoms with Gasteiger partial charge in [-0.1, -0.05) is 12.8 Å². The molecule has 1 aromatic carbocycles. The normalized spacial score (nSPS) is 16.6. The lowest BCUT2D eigenvalue weighted by Gasteiger charge is -2.21. The Balaban J connectivity index is 2.46. The van der Waals surface area contributed by atoms with E-state index < -0.39 is 37.1 Å². The maximum Gasteiger partial charge on any atom is 0.262 e. The Kier molecular flexibility index (Phi) is 4.83. The molecular formula is C13H14ClF2NO3S. The number of amides is 1. The van der Waals surface area contributed by atoms with Crippen molar-refractivity contribution in [2.75, 3.05) is 13.1 Å². The van der Waals surface area contributed by atoms with Crippen molar-refractivity contribution in [3.8, 4) is 0 Å². The van der Waals surface area contributed by atoms with Gasteiger partial charge in [-0.15, -0.1) is 0 Å². The van der Waals surface area contributed by atoms with Crippen LogP contribution in [-0.4, -0.2) is 32.3 Å². The Labute approximate surface area is 126 Å². The predicted molar refractivity (Wildman–Crippen MR) is 73.8 cm³/mol. The van der Waals surface area contributed by atoms with Gasteiger partial charge in [-0.25, -0.2) is 17.2 Å². The highest BCUT2D eigenvalue weighted by Gasteiger charge is 2.27. The van der Waals surface area contributed by atoms with Crippen molar-refractivity contribution in [1.29, 1.82) is 0 Å². The van der Waals surface area contributed by atoms with Crippen LogP contribution < -0.4 is 0 Å². The van der Waals surface area contributed by atoms with Gasteiger partial charge in [0.25, 0.3) is 15.0 Å². The standard InChI is InChI=1S/C13H14ClF2NO3S/c14-21(19,20)12-8-11(16)10(15)7-9(12)13(18)17-5-3-1-2-4-6-17/h7-8H,1-6H2. The van der Waals surface area contributed by atoms with E-state index in [0.717, 1.165) is 25.7 Å². The van der Waals surface area contributed by atoms with Gasteiger partial charge in [0, 0.05) is 23.8 Å². The third-order valence-electron chi connectivity index (χ3n) is 3.41. The van der Waals surface area contributed by atoms with Gasteiger partial charge < -0.3 is 4.90 Å². The van der Waals surface area contributed by atoms with Gasteiger partial charge in [-0.2, -0.15) is 0 Å². The highest BCUT2D eigenvalue weighted by Crippen LogP contribution is 2.25. The average molecular weight is 338 g/mol. The van der Waals surface area contributed by atoms with Gasteiger partial charge in [-0.3, -0.25) is 4.79 Å². The second-order valence-electron chi connectivity index (χ2n) is 4.91. The van der Waals surface area contributed by atoms with E-state index in [1.165, 1.54) is 4.90 Å². The summed E-state index contributed by atoms with van der Waals surface area (Å²) in [5.74, 6) is -3.28. The van der Waals surface area contributed by atoms with Crippen molar-refractivity contribution in [3.05, 3.63) is 29.3 Å². The molecule has 1 saturated heterocycles. The van der Waals surface area contributed by atoms with E-state index in [9.17, 15) is 22.0 Å². The molecule has 4 nitrogen and oxygen atoms in total. The Morgan fingerprint density at radius 1 is 1.05 bits per heavy atom. The van der Waals surface area contributed by atoms with Gasteiger partial charge in [0.1, 0.15) is 0 Å². The number of carbonyl (C=O) groups is 1. The zero-order chi connectivity index (χ0) is 15.6. The third kappa shape index (κ3) is 3.71. The molecule has 116 valence electrons. The third-order valence-corrected chi connectivity index (χ3v) is 4.77. The first-order valence-corrected chi connectivity index (χ1v) is 8.84. The number of likely N-dealkylation sites (tertiary alicyclic amines) is 1. The van der Waals surface area contributed by atoms with Crippen LogP contribution in [0.2, 0.25) is 0 Å². The smallest absolute Gasteiger partial charge is 0.262 e. The molecule has 2 rings (SSSR count). The predicted octanol–water partition coefficient (Wildman–Crippen LogP) is 2.91. The largest absolute Gasteiger partial charge is 0.339 e. The molecule has 1 amide bonds. The summed E-state index contributed by atoms with van der Waals surface area (Å²) >= 11 is 0. The molecular weight excluding hydrogens is 324 g/mol. The Bertz CT molecular complexity index is 656. The summed E-state index contributed by atoms with van der Waals surface area (Å²) in [6.07, 6.45) is 3.53. The Morgan fingerprint density at radius 3 is 2.10 bits per heavy atom. The summed E-state index contributed by atoms with van der Waals surface area (Å²) in [5.41, 5.74) is -0.425. The van der Waals surface area contributed by atoms with E-state index in [1.807, 2.05) is 0 Å². The van der Waals surface area contributed by atoms with E-state index in [2.05, 4.69) is 0 Å². The molecule has 0 unspecified atom stereocenters. The maximum absolute atomic E-state index is 13.4. The molecule has 1 aliphatic rings. The van der Waals surface area contributed by atoms with Crippen LogP contribution in [0.15, 0.2) is 17.0 Å². The van der Waals surface area contributed by atoms with Crippen LogP contribution in [0.4, 0.5) is 8.78 Å². The quantitative estimate of drug-likeness (QED) is 0.780. The van der Waals surface area contributed by atoms with Crippen molar-refractivity contribution in [3.63, 3.8) is 0 Å². The fourth-order valence-electron chi connectivity index (χ4n) is 2.34. The topological polar surface area (TPSA) is 54.5 Å². The fourth-order valence-corrected chi connectivity index (χ4v) is 3.38. The number of nitrogens with zero attached hydrogens (tertiary/aromatic N) is 1. The second-order valence-corrected chi connectivity index (χ2v) is 7.44. The number of carbonyl (C=O) groups excluding carboxylic acids is 1. The van der Waals surface area contributed by atoms with Crippen molar-refractivity contribution in [2.24, 2.45) is 0 Å². The zero-order valence-corrected chi connectivity index (χ0v) is 12.7. The lowest BCUT2D eigenvalue weighted by molar-refractivity contribution is 0.0757. The van der Waals surface area contributed by atoms with Crippen LogP contribution in [0, 0.1) is 11.6 Å². The number of rotatable bonds is 2. The monoisotopic (exact) mass is 337 g/mol. The maximum atomic E-state index is 13.4. The molecule has 1 heterocycles. The second kappa shape index (κ2) is 6.27. The summed E-state index contributed by atoms with van der Waals surface area (Å²) in [7, 11) is 0.868. The van der Waals surface area contributed by atoms with Gasteiger partial charge in [-0.05, 0) is 25.0 Å². The van der Waals surface area contributed by atoms with Crippen molar-refractivity contribution in [2.45, 2.75) is 30.6 Å². The van der Waals surface area contributed by atoms with Crippen molar-refractivity contribution >= 4 is 25.6 Å². The van der Waals surface area contributed by atoms with Crippen LogP contribution in [0.5, 0.6) is 0 Å². The van der Waals surface area contributed by atoms with Crippen molar-refractivity contribution < 1.29 is 22.0 Å². The van der Waals surface area contributed by atoms with Crippen molar-refractivity contribution in [1.82, 2.24) is 4.90 Å². The summed E-state index contributed by atoms with van der Waals surface area (Å²) in [6, 6.07) is 1.04. The summed E-state index contributed by atoms with van der Waals surface area (Å²) in [4.78, 5) is 13.1. The first-order chi connectivity index (χ1) is 9.80. The van der Waals surface area contributed by atoms with E-state index in [1.54, 1.807) is 0 Å². The van der Waals surface area contributed by atoms with Gasteiger partial charge >= 0.3 is 0 Å². The van der Waals surface area contributed by atoms with Gasteiger partial charge in [0.05, 0.1) is 10.5 Å². The Hall–Kier alpha value is -1.21. The van der Waals surface area contributed by atoms with Crippen LogP contribution >= 0.6 is 10.7 Å². The van der Waals surface area contributed by atoms with Crippen LogP contribution in [0.25, 0.3) is 0 Å². The number of benzene rings is 1. The summed E-state index contributed by atoms with van der Waals surface area (Å²) in [5, 5.41) is 0. The van der Waals surface area contributed by atoms with E-state index in [-0.39, 0.29) is 0 Å². The summed E-state index contributed by atoms with van der Waals surface area (Å²) < 4.78 is 49.6. The van der Waals surface area contributed by atoms with E-state index in [4.69, 9.17) is 10.7 Å². The fraction of sp³-hybridized carbons (Fsp3) is 0.462. The number of halogens is 3. The molecule has 21 heavy (non-hydrogen) atoms. The highest BCUT2D eigenvalue weighted by molar-refractivity contribution is 8.13. The van der Waals surface area contributed by atoms with Crippen LogP contribution in [0.1, 0.15) is 36.0 Å². The highest BCUT2D eigenvalue weighted by atomic mass is 35.7. The van der Waals surface area contributed by atoms with E-state index >= 15 is 0 Å². The van der Waals surface area contributed by atoms with Gasteiger partial charge in [0.2, 0.25) is 0 Å². The first kappa shape index (κ1) is 16.2. The first-order valence-electron chi connectivity index (χ1n) is 6.53. The van der Waals surface area contributed by atoms with Crippen LogP contribution in [-0.2, 0) is 9.05 Å². The molecule has 0 atom stereocenters. The molecule has 0 aromatic heterocycles. The molecule has 0 spiro atoms. The average Bonchev–Trinajstić information content (AvgIpc) is 2.68. The molecule has 0 bridgehead atoms. The molecule has 1 aliphatic heterocycles. The lowest BCUT2D eigenvalue weighted by Crippen LogP contribution is -2.32. The SMILES string of the molecule is O=C(c1cc(F)c(F)cc1S(=O)(=O)Cl)N1CCCCCC1.